The van der Waals surface area contributed by atoms with Gasteiger partial charge in [-0.05, 0) is 42.6 Å². The lowest BCUT2D eigenvalue weighted by Gasteiger charge is -2.04. The van der Waals surface area contributed by atoms with Crippen LogP contribution in [0.25, 0.3) is 0 Å². The highest BCUT2D eigenvalue weighted by Crippen LogP contribution is 2.40. The predicted octanol–water partition coefficient (Wildman–Crippen LogP) is 2.77. The molecule has 0 radical (unpaired) electrons. The molecule has 2 unspecified atom stereocenters. The number of hydrogen-bond donors (Lipinski definition) is 1. The van der Waals surface area contributed by atoms with Gasteiger partial charge < -0.3 is 5.32 Å². The monoisotopic (exact) mass is 238 g/mol. The van der Waals surface area contributed by atoms with Crippen LogP contribution in [0.15, 0.2) is 54.9 Å². The fraction of sp³-hybridized carbons (Fsp3) is 0.312. The van der Waals surface area contributed by atoms with Crippen LogP contribution in [0, 0.1) is 0 Å². The summed E-state index contributed by atoms with van der Waals surface area (Å²) in [5.41, 5.74) is 2.83. The van der Waals surface area contributed by atoms with Crippen molar-refractivity contribution < 1.29 is 0 Å². The fourth-order valence-electron chi connectivity index (χ4n) is 2.44. The van der Waals surface area contributed by atoms with Gasteiger partial charge in [0, 0.05) is 24.4 Å². The molecule has 1 aromatic heterocycles. The van der Waals surface area contributed by atoms with E-state index in [1.807, 2.05) is 12.4 Å². The molecule has 0 bridgehead atoms. The molecule has 92 valence electrons. The van der Waals surface area contributed by atoms with Crippen molar-refractivity contribution in [3.05, 3.63) is 66.0 Å². The summed E-state index contributed by atoms with van der Waals surface area (Å²) in [6, 6.07) is 15.6. The highest BCUT2D eigenvalue weighted by Gasteiger charge is 2.37. The maximum atomic E-state index is 4.03. The van der Waals surface area contributed by atoms with Crippen LogP contribution in [0.5, 0.6) is 0 Å². The van der Waals surface area contributed by atoms with Crippen molar-refractivity contribution in [3.63, 3.8) is 0 Å². The second-order valence-corrected chi connectivity index (χ2v) is 4.92. The molecule has 1 fully saturated rings. The first kappa shape index (κ1) is 11.4. The molecule has 0 aliphatic heterocycles. The second kappa shape index (κ2) is 5.32. The number of nitrogens with one attached hydrogen (secondary N) is 1. The van der Waals surface area contributed by atoms with Crippen LogP contribution in [0.3, 0.4) is 0 Å². The van der Waals surface area contributed by atoms with Crippen molar-refractivity contribution >= 4 is 0 Å². The van der Waals surface area contributed by atoms with Gasteiger partial charge in [-0.15, -0.1) is 0 Å². The van der Waals surface area contributed by atoms with Gasteiger partial charge in [-0.1, -0.05) is 30.3 Å². The second-order valence-electron chi connectivity index (χ2n) is 4.92. The topological polar surface area (TPSA) is 24.9 Å². The average molecular weight is 238 g/mol. The normalized spacial score (nSPS) is 21.8. The molecule has 1 N–H and O–H groups in total. The van der Waals surface area contributed by atoms with Crippen molar-refractivity contribution in [2.45, 2.75) is 24.8 Å². The van der Waals surface area contributed by atoms with E-state index in [9.17, 15) is 0 Å². The molecule has 2 aromatic rings. The van der Waals surface area contributed by atoms with Gasteiger partial charge in [0.15, 0.2) is 0 Å². The van der Waals surface area contributed by atoms with Crippen LogP contribution >= 0.6 is 0 Å². The molecule has 1 aliphatic rings. The third-order valence-corrected chi connectivity index (χ3v) is 3.59. The Kier molecular flexibility index (Phi) is 3.37. The van der Waals surface area contributed by atoms with E-state index < -0.39 is 0 Å². The molecule has 2 atom stereocenters. The summed E-state index contributed by atoms with van der Waals surface area (Å²) >= 11 is 0. The highest BCUT2D eigenvalue weighted by molar-refractivity contribution is 5.27. The van der Waals surface area contributed by atoms with Crippen molar-refractivity contribution in [1.82, 2.24) is 10.3 Å². The zero-order valence-electron chi connectivity index (χ0n) is 10.4. The SMILES string of the molecule is c1ccc(C2CC2NCCc2ccncc2)cc1. The largest absolute Gasteiger partial charge is 0.313 e. The quantitative estimate of drug-likeness (QED) is 0.866. The average Bonchev–Trinajstić information content (AvgIpc) is 3.21. The Labute approximate surface area is 108 Å². The van der Waals surface area contributed by atoms with Crippen molar-refractivity contribution in [2.24, 2.45) is 0 Å². The van der Waals surface area contributed by atoms with E-state index in [2.05, 4.69) is 52.8 Å². The van der Waals surface area contributed by atoms with Crippen LogP contribution in [-0.4, -0.2) is 17.6 Å². The Hall–Kier alpha value is -1.67. The van der Waals surface area contributed by atoms with E-state index in [1.165, 1.54) is 17.5 Å². The minimum absolute atomic E-state index is 0.675. The Balaban J connectivity index is 1.44. The molecule has 2 heteroatoms. The van der Waals surface area contributed by atoms with Crippen molar-refractivity contribution in [3.8, 4) is 0 Å². The first-order valence-corrected chi connectivity index (χ1v) is 6.61. The Morgan fingerprint density at radius 2 is 1.83 bits per heavy atom. The summed E-state index contributed by atoms with van der Waals surface area (Å²) in [4.78, 5) is 4.03. The van der Waals surface area contributed by atoms with Gasteiger partial charge in [0.05, 0.1) is 0 Å². The van der Waals surface area contributed by atoms with E-state index in [-0.39, 0.29) is 0 Å². The van der Waals surface area contributed by atoms with Crippen molar-refractivity contribution in [2.75, 3.05) is 6.54 Å². The van der Waals surface area contributed by atoms with Gasteiger partial charge in [0.2, 0.25) is 0 Å². The zero-order chi connectivity index (χ0) is 12.2. The van der Waals surface area contributed by atoms with Gasteiger partial charge in [-0.3, -0.25) is 4.98 Å². The lowest BCUT2D eigenvalue weighted by atomic mass is 10.1. The summed E-state index contributed by atoms with van der Waals surface area (Å²) in [6.07, 6.45) is 6.08. The standard InChI is InChI=1S/C16H18N2/c1-2-4-14(5-3-1)15-12-16(15)18-11-8-13-6-9-17-10-7-13/h1-7,9-10,15-16,18H,8,11-12H2. The Bertz CT molecular complexity index is 481. The molecular weight excluding hydrogens is 220 g/mol. The van der Waals surface area contributed by atoms with Gasteiger partial charge in [0.25, 0.3) is 0 Å². The Morgan fingerprint density at radius 1 is 1.06 bits per heavy atom. The lowest BCUT2D eigenvalue weighted by Crippen LogP contribution is -2.20. The molecule has 3 rings (SSSR count). The first-order valence-electron chi connectivity index (χ1n) is 6.61. The third-order valence-electron chi connectivity index (χ3n) is 3.59. The van der Waals surface area contributed by atoms with Crippen LogP contribution in [0.2, 0.25) is 0 Å². The Morgan fingerprint density at radius 3 is 2.61 bits per heavy atom. The van der Waals surface area contributed by atoms with E-state index in [0.29, 0.717) is 6.04 Å². The first-order chi connectivity index (χ1) is 8.93. The van der Waals surface area contributed by atoms with E-state index in [4.69, 9.17) is 0 Å². The molecule has 1 heterocycles. The molecule has 18 heavy (non-hydrogen) atoms. The number of nitrogens with zero attached hydrogens (tertiary/aromatic N) is 1. The van der Waals surface area contributed by atoms with Crippen LogP contribution in [-0.2, 0) is 6.42 Å². The van der Waals surface area contributed by atoms with E-state index in [1.54, 1.807) is 0 Å². The minimum Gasteiger partial charge on any atom is -0.313 e. The zero-order valence-corrected chi connectivity index (χ0v) is 10.4. The molecule has 1 aromatic carbocycles. The van der Waals surface area contributed by atoms with Crippen LogP contribution in [0.1, 0.15) is 23.5 Å². The molecule has 2 nitrogen and oxygen atoms in total. The van der Waals surface area contributed by atoms with E-state index in [0.717, 1.165) is 18.9 Å². The van der Waals surface area contributed by atoms with Gasteiger partial charge in [-0.2, -0.15) is 0 Å². The molecular formula is C16H18N2. The van der Waals surface area contributed by atoms with Crippen LogP contribution in [0.4, 0.5) is 0 Å². The maximum absolute atomic E-state index is 4.03. The smallest absolute Gasteiger partial charge is 0.0270 e. The summed E-state index contributed by atoms with van der Waals surface area (Å²) in [6.45, 7) is 1.05. The number of rotatable bonds is 5. The summed E-state index contributed by atoms with van der Waals surface area (Å²) in [7, 11) is 0. The van der Waals surface area contributed by atoms with Crippen LogP contribution < -0.4 is 5.32 Å². The summed E-state index contributed by atoms with van der Waals surface area (Å²) in [5, 5.41) is 3.63. The van der Waals surface area contributed by atoms with Crippen molar-refractivity contribution in [1.29, 1.82) is 0 Å². The van der Waals surface area contributed by atoms with Gasteiger partial charge >= 0.3 is 0 Å². The predicted molar refractivity (Wildman–Crippen MR) is 73.5 cm³/mol. The highest BCUT2D eigenvalue weighted by atomic mass is 15.0. The molecule has 1 saturated carbocycles. The summed E-state index contributed by atoms with van der Waals surface area (Å²) < 4.78 is 0. The fourth-order valence-corrected chi connectivity index (χ4v) is 2.44. The number of benzene rings is 1. The van der Waals surface area contributed by atoms with Gasteiger partial charge in [0.1, 0.15) is 0 Å². The van der Waals surface area contributed by atoms with Gasteiger partial charge in [-0.25, -0.2) is 0 Å². The molecule has 1 aliphatic carbocycles. The lowest BCUT2D eigenvalue weighted by molar-refractivity contribution is 0.668. The van der Waals surface area contributed by atoms with E-state index >= 15 is 0 Å². The molecule has 0 amide bonds. The number of pyridine rings is 1. The number of aromatic nitrogens is 1. The number of hydrogen-bond acceptors (Lipinski definition) is 2. The maximum Gasteiger partial charge on any atom is 0.0270 e. The third kappa shape index (κ3) is 2.77. The molecule has 0 saturated heterocycles. The summed E-state index contributed by atoms with van der Waals surface area (Å²) in [5.74, 6) is 0.726. The molecule has 0 spiro atoms. The minimum atomic E-state index is 0.675.